The molecule has 6 nitrogen and oxygen atoms in total. The van der Waals surface area contributed by atoms with Crippen molar-refractivity contribution < 1.29 is 23.8 Å². The van der Waals surface area contributed by atoms with Crippen molar-refractivity contribution in [2.45, 2.75) is 13.2 Å². The maximum atomic E-state index is 12.1. The fourth-order valence-corrected chi connectivity index (χ4v) is 2.78. The molecule has 30 heavy (non-hydrogen) atoms. The largest absolute Gasteiger partial charge is 0.493 e. The van der Waals surface area contributed by atoms with E-state index in [0.717, 1.165) is 11.1 Å². The van der Waals surface area contributed by atoms with E-state index >= 15 is 0 Å². The predicted octanol–water partition coefficient (Wildman–Crippen LogP) is 3.78. The number of ether oxygens (including phenoxy) is 3. The van der Waals surface area contributed by atoms with Crippen molar-refractivity contribution in [3.63, 3.8) is 0 Å². The Morgan fingerprint density at radius 3 is 2.40 bits per heavy atom. The molecule has 6 heteroatoms. The first-order valence-electron chi connectivity index (χ1n) is 9.47. The van der Waals surface area contributed by atoms with Gasteiger partial charge in [-0.15, -0.1) is 0 Å². The van der Waals surface area contributed by atoms with Gasteiger partial charge in [0.2, 0.25) is 0 Å². The minimum absolute atomic E-state index is 0.180. The van der Waals surface area contributed by atoms with Gasteiger partial charge in [0, 0.05) is 6.54 Å². The molecule has 3 aromatic rings. The number of aldehydes is 1. The topological polar surface area (TPSA) is 73.9 Å². The third kappa shape index (κ3) is 5.85. The molecule has 0 spiro atoms. The van der Waals surface area contributed by atoms with Crippen LogP contribution in [0.15, 0.2) is 72.8 Å². The monoisotopic (exact) mass is 405 g/mol. The molecule has 1 amide bonds. The predicted molar refractivity (Wildman–Crippen MR) is 113 cm³/mol. The summed E-state index contributed by atoms with van der Waals surface area (Å²) in [5, 5.41) is 2.79. The number of rotatable bonds is 10. The van der Waals surface area contributed by atoms with Crippen molar-refractivity contribution in [2.24, 2.45) is 0 Å². The highest BCUT2D eigenvalue weighted by Gasteiger charge is 2.09. The third-order valence-corrected chi connectivity index (χ3v) is 4.36. The molecule has 0 heterocycles. The number of para-hydroxylation sites is 1. The van der Waals surface area contributed by atoms with E-state index in [0.29, 0.717) is 42.2 Å². The highest BCUT2D eigenvalue weighted by atomic mass is 16.5. The van der Waals surface area contributed by atoms with E-state index < -0.39 is 0 Å². The summed E-state index contributed by atoms with van der Waals surface area (Å²) >= 11 is 0. The summed E-state index contributed by atoms with van der Waals surface area (Å²) < 4.78 is 16.7. The van der Waals surface area contributed by atoms with E-state index in [2.05, 4.69) is 5.32 Å². The van der Waals surface area contributed by atoms with Crippen LogP contribution < -0.4 is 19.5 Å². The molecular formula is C24H23NO5. The summed E-state index contributed by atoms with van der Waals surface area (Å²) in [6.45, 7) is 0.569. The SMILES string of the molecule is COc1cc(CNC(=O)COc2ccccc2C=O)ccc1OCc1ccccc1. The Labute approximate surface area is 175 Å². The number of benzene rings is 3. The van der Waals surface area contributed by atoms with Crippen molar-refractivity contribution in [3.05, 3.63) is 89.5 Å². The van der Waals surface area contributed by atoms with Crippen LogP contribution in [0.4, 0.5) is 0 Å². The highest BCUT2D eigenvalue weighted by molar-refractivity contribution is 5.80. The minimum Gasteiger partial charge on any atom is -0.493 e. The lowest BCUT2D eigenvalue weighted by Crippen LogP contribution is -2.28. The Hall–Kier alpha value is -3.80. The molecule has 0 aliphatic heterocycles. The molecule has 154 valence electrons. The summed E-state index contributed by atoms with van der Waals surface area (Å²) in [6, 6.07) is 22.1. The van der Waals surface area contributed by atoms with Gasteiger partial charge in [-0.1, -0.05) is 48.5 Å². The number of hydrogen-bond acceptors (Lipinski definition) is 5. The first-order chi connectivity index (χ1) is 14.7. The Balaban J connectivity index is 1.52. The van der Waals surface area contributed by atoms with Crippen LogP contribution in [0.3, 0.4) is 0 Å². The number of hydrogen-bond donors (Lipinski definition) is 1. The first-order valence-corrected chi connectivity index (χ1v) is 9.47. The van der Waals surface area contributed by atoms with Gasteiger partial charge in [0.15, 0.2) is 24.4 Å². The molecule has 0 aliphatic rings. The Morgan fingerprint density at radius 2 is 1.63 bits per heavy atom. The van der Waals surface area contributed by atoms with E-state index in [-0.39, 0.29) is 12.5 Å². The fraction of sp³-hybridized carbons (Fsp3) is 0.167. The summed E-state index contributed by atoms with van der Waals surface area (Å²) in [4.78, 5) is 23.1. The van der Waals surface area contributed by atoms with E-state index in [1.54, 1.807) is 31.4 Å². The summed E-state index contributed by atoms with van der Waals surface area (Å²) in [7, 11) is 1.57. The minimum atomic E-state index is -0.293. The van der Waals surface area contributed by atoms with Gasteiger partial charge in [0.25, 0.3) is 5.91 Å². The number of carbonyl (C=O) groups is 2. The maximum absolute atomic E-state index is 12.1. The second-order valence-electron chi connectivity index (χ2n) is 6.48. The van der Waals surface area contributed by atoms with Crippen LogP contribution in [0.1, 0.15) is 21.5 Å². The molecule has 0 aliphatic carbocycles. The molecule has 0 bridgehead atoms. The fourth-order valence-electron chi connectivity index (χ4n) is 2.78. The van der Waals surface area contributed by atoms with Gasteiger partial charge in [-0.3, -0.25) is 9.59 Å². The van der Waals surface area contributed by atoms with E-state index in [1.807, 2.05) is 48.5 Å². The highest BCUT2D eigenvalue weighted by Crippen LogP contribution is 2.28. The molecule has 0 fully saturated rings. The summed E-state index contributed by atoms with van der Waals surface area (Å²) in [5.41, 5.74) is 2.33. The molecule has 0 radical (unpaired) electrons. The van der Waals surface area contributed by atoms with Crippen molar-refractivity contribution in [1.82, 2.24) is 5.32 Å². The van der Waals surface area contributed by atoms with Crippen molar-refractivity contribution >= 4 is 12.2 Å². The second kappa shape index (κ2) is 10.7. The molecule has 0 atom stereocenters. The Morgan fingerprint density at radius 1 is 0.867 bits per heavy atom. The number of amides is 1. The summed E-state index contributed by atoms with van der Waals surface area (Å²) in [5.74, 6) is 1.31. The Kier molecular flexibility index (Phi) is 7.44. The smallest absolute Gasteiger partial charge is 0.258 e. The van der Waals surface area contributed by atoms with Gasteiger partial charge in [0.1, 0.15) is 12.4 Å². The summed E-state index contributed by atoms with van der Waals surface area (Å²) in [6.07, 6.45) is 0.695. The average Bonchev–Trinajstić information content (AvgIpc) is 2.81. The van der Waals surface area contributed by atoms with Gasteiger partial charge in [0.05, 0.1) is 12.7 Å². The first kappa shape index (κ1) is 20.9. The van der Waals surface area contributed by atoms with Crippen molar-refractivity contribution in [3.8, 4) is 17.2 Å². The van der Waals surface area contributed by atoms with Crippen LogP contribution >= 0.6 is 0 Å². The van der Waals surface area contributed by atoms with Crippen LogP contribution in [-0.4, -0.2) is 25.9 Å². The lowest BCUT2D eigenvalue weighted by molar-refractivity contribution is -0.123. The number of nitrogens with one attached hydrogen (secondary N) is 1. The molecule has 0 saturated carbocycles. The number of carbonyl (C=O) groups excluding carboxylic acids is 2. The lowest BCUT2D eigenvalue weighted by atomic mass is 10.2. The van der Waals surface area contributed by atoms with Crippen LogP contribution in [0, 0.1) is 0 Å². The maximum Gasteiger partial charge on any atom is 0.258 e. The zero-order chi connectivity index (χ0) is 21.2. The average molecular weight is 405 g/mol. The molecule has 0 aromatic heterocycles. The van der Waals surface area contributed by atoms with Crippen LogP contribution in [0.5, 0.6) is 17.2 Å². The van der Waals surface area contributed by atoms with E-state index in [9.17, 15) is 9.59 Å². The lowest BCUT2D eigenvalue weighted by Gasteiger charge is -2.13. The van der Waals surface area contributed by atoms with Crippen molar-refractivity contribution in [1.29, 1.82) is 0 Å². The molecule has 1 N–H and O–H groups in total. The van der Waals surface area contributed by atoms with Gasteiger partial charge < -0.3 is 19.5 Å². The molecule has 0 saturated heterocycles. The zero-order valence-electron chi connectivity index (χ0n) is 16.7. The standard InChI is InChI=1S/C24H23NO5/c1-28-23-13-19(11-12-22(23)29-16-18-7-3-2-4-8-18)14-25-24(27)17-30-21-10-6-5-9-20(21)15-26/h2-13,15H,14,16-17H2,1H3,(H,25,27). The van der Waals surface area contributed by atoms with E-state index in [1.165, 1.54) is 0 Å². The molecular weight excluding hydrogens is 382 g/mol. The quantitative estimate of drug-likeness (QED) is 0.520. The molecule has 0 unspecified atom stereocenters. The molecule has 3 rings (SSSR count). The van der Waals surface area contributed by atoms with Crippen LogP contribution in [-0.2, 0) is 17.9 Å². The third-order valence-electron chi connectivity index (χ3n) is 4.36. The van der Waals surface area contributed by atoms with Gasteiger partial charge >= 0.3 is 0 Å². The van der Waals surface area contributed by atoms with Gasteiger partial charge in [-0.2, -0.15) is 0 Å². The zero-order valence-corrected chi connectivity index (χ0v) is 16.7. The molecule has 3 aromatic carbocycles. The normalized spacial score (nSPS) is 10.2. The number of methoxy groups -OCH3 is 1. The van der Waals surface area contributed by atoms with Crippen LogP contribution in [0.25, 0.3) is 0 Å². The van der Waals surface area contributed by atoms with Crippen molar-refractivity contribution in [2.75, 3.05) is 13.7 Å². The van der Waals surface area contributed by atoms with E-state index in [4.69, 9.17) is 14.2 Å². The second-order valence-corrected chi connectivity index (χ2v) is 6.48. The Bertz CT molecular complexity index is 988. The van der Waals surface area contributed by atoms with Gasteiger partial charge in [-0.05, 0) is 35.4 Å². The van der Waals surface area contributed by atoms with Gasteiger partial charge in [-0.25, -0.2) is 0 Å². The van der Waals surface area contributed by atoms with Crippen LogP contribution in [0.2, 0.25) is 0 Å².